The van der Waals surface area contributed by atoms with Crippen LogP contribution in [0.4, 0.5) is 0 Å². The summed E-state index contributed by atoms with van der Waals surface area (Å²) in [4.78, 5) is 27.7. The van der Waals surface area contributed by atoms with Gasteiger partial charge in [-0.05, 0) is 6.07 Å². The van der Waals surface area contributed by atoms with Crippen LogP contribution in [0.15, 0.2) is 23.1 Å². The average molecular weight is 192 g/mol. The summed E-state index contributed by atoms with van der Waals surface area (Å²) in [6.07, 6.45) is 1.51. The van der Waals surface area contributed by atoms with Crippen LogP contribution in [0, 0.1) is 0 Å². The van der Waals surface area contributed by atoms with E-state index in [0.717, 1.165) is 0 Å². The molecule has 0 spiro atoms. The van der Waals surface area contributed by atoms with Gasteiger partial charge >= 0.3 is 5.97 Å². The Morgan fingerprint density at radius 2 is 2.21 bits per heavy atom. The molecule has 2 aromatic rings. The molecule has 0 saturated carbocycles. The number of fused-ring (bicyclic) bond motifs is 1. The van der Waals surface area contributed by atoms with E-state index in [1.807, 2.05) is 0 Å². The van der Waals surface area contributed by atoms with Crippen LogP contribution < -0.4 is 5.56 Å². The predicted octanol–water partition coefficient (Wildman–Crippen LogP) is 0.643. The number of carbonyl (C=O) groups excluding carboxylic acids is 1. The number of methoxy groups -OCH3 is 1. The fourth-order valence-electron chi connectivity index (χ4n) is 1.30. The first-order valence-electron chi connectivity index (χ1n) is 4.01. The molecule has 0 aromatic carbocycles. The lowest BCUT2D eigenvalue weighted by Crippen LogP contribution is -2.05. The Bertz CT molecular complexity index is 538. The number of esters is 1. The first-order chi connectivity index (χ1) is 6.72. The van der Waals surface area contributed by atoms with Crippen LogP contribution in [0.25, 0.3) is 11.0 Å². The van der Waals surface area contributed by atoms with Crippen LogP contribution in [0.5, 0.6) is 0 Å². The van der Waals surface area contributed by atoms with Crippen LogP contribution in [-0.2, 0) is 4.74 Å². The third kappa shape index (κ3) is 1.19. The summed E-state index contributed by atoms with van der Waals surface area (Å²) in [7, 11) is 1.29. The molecule has 0 unspecified atom stereocenters. The van der Waals surface area contributed by atoms with E-state index in [4.69, 9.17) is 0 Å². The molecular weight excluding hydrogens is 184 g/mol. The van der Waals surface area contributed by atoms with Crippen LogP contribution >= 0.6 is 0 Å². The Labute approximate surface area is 78.7 Å². The van der Waals surface area contributed by atoms with Gasteiger partial charge in [0, 0.05) is 12.3 Å². The lowest BCUT2D eigenvalue weighted by atomic mass is 10.3. The molecular formula is C9H8N2O3. The molecule has 5 heteroatoms. The normalized spacial score (nSPS) is 10.4. The summed E-state index contributed by atoms with van der Waals surface area (Å²) in [5.74, 6) is -0.474. The van der Waals surface area contributed by atoms with Gasteiger partial charge in [-0.2, -0.15) is 0 Å². The smallest absolute Gasteiger partial charge is 0.341 e. The lowest BCUT2D eigenvalue weighted by Gasteiger charge is -1.95. The van der Waals surface area contributed by atoms with Gasteiger partial charge in [0.1, 0.15) is 5.56 Å². The van der Waals surface area contributed by atoms with E-state index >= 15 is 0 Å². The third-order valence-corrected chi connectivity index (χ3v) is 1.97. The Hall–Kier alpha value is -2.04. The second-order valence-electron chi connectivity index (χ2n) is 2.81. The van der Waals surface area contributed by atoms with Crippen LogP contribution in [0.1, 0.15) is 10.4 Å². The van der Waals surface area contributed by atoms with E-state index < -0.39 is 5.97 Å². The van der Waals surface area contributed by atoms with Gasteiger partial charge in [0.25, 0.3) is 0 Å². The Morgan fingerprint density at radius 3 is 2.93 bits per heavy atom. The number of aromatic nitrogens is 2. The van der Waals surface area contributed by atoms with Crippen molar-refractivity contribution < 1.29 is 9.53 Å². The van der Waals surface area contributed by atoms with E-state index in [0.29, 0.717) is 16.6 Å². The average Bonchev–Trinajstić information content (AvgIpc) is 2.59. The summed E-state index contributed by atoms with van der Waals surface area (Å²) >= 11 is 0. The third-order valence-electron chi connectivity index (χ3n) is 1.97. The van der Waals surface area contributed by atoms with E-state index in [9.17, 15) is 9.59 Å². The summed E-state index contributed by atoms with van der Waals surface area (Å²) in [6.45, 7) is 0. The monoisotopic (exact) mass is 192 g/mol. The molecule has 0 bridgehead atoms. The number of H-pyrrole nitrogens is 2. The van der Waals surface area contributed by atoms with Crippen molar-refractivity contribution in [3.8, 4) is 0 Å². The fraction of sp³-hybridized carbons (Fsp3) is 0.111. The molecule has 0 aliphatic carbocycles. The summed E-state index contributed by atoms with van der Waals surface area (Å²) in [5.41, 5.74) is 1.26. The number of hydrogen-bond acceptors (Lipinski definition) is 3. The molecule has 5 nitrogen and oxygen atoms in total. The number of hydrogen-bond donors (Lipinski definition) is 2. The van der Waals surface area contributed by atoms with Gasteiger partial charge in [0.05, 0.1) is 18.1 Å². The predicted molar refractivity (Wildman–Crippen MR) is 50.3 cm³/mol. The molecule has 14 heavy (non-hydrogen) atoms. The molecule has 0 atom stereocenters. The fourth-order valence-corrected chi connectivity index (χ4v) is 1.30. The summed E-state index contributed by atoms with van der Waals surface area (Å²) in [6, 6.07) is 3.00. The summed E-state index contributed by atoms with van der Waals surface area (Å²) in [5, 5.41) is 0. The Morgan fingerprint density at radius 1 is 1.43 bits per heavy atom. The van der Waals surface area contributed by atoms with Crippen molar-refractivity contribution in [2.75, 3.05) is 7.11 Å². The van der Waals surface area contributed by atoms with Crippen molar-refractivity contribution in [3.63, 3.8) is 0 Å². The zero-order valence-electron chi connectivity index (χ0n) is 7.46. The first-order valence-corrected chi connectivity index (χ1v) is 4.01. The topological polar surface area (TPSA) is 75.0 Å². The van der Waals surface area contributed by atoms with Crippen molar-refractivity contribution in [1.82, 2.24) is 9.97 Å². The second-order valence-corrected chi connectivity index (χ2v) is 2.81. The number of pyridine rings is 1. The molecule has 2 aromatic heterocycles. The molecule has 0 radical (unpaired) electrons. The molecule has 2 rings (SSSR count). The number of rotatable bonds is 1. The molecule has 2 N–H and O–H groups in total. The highest BCUT2D eigenvalue weighted by molar-refractivity contribution is 6.02. The maximum Gasteiger partial charge on any atom is 0.341 e. The second kappa shape index (κ2) is 3.02. The van der Waals surface area contributed by atoms with Crippen molar-refractivity contribution >= 4 is 17.0 Å². The van der Waals surface area contributed by atoms with Crippen LogP contribution in [0.3, 0.4) is 0 Å². The molecule has 0 saturated heterocycles. The zero-order chi connectivity index (χ0) is 10.1. The maximum absolute atomic E-state index is 11.2. The maximum atomic E-state index is 11.2. The van der Waals surface area contributed by atoms with Gasteiger partial charge in [0.15, 0.2) is 0 Å². The number of ether oxygens (including phenoxy) is 1. The molecule has 0 aliphatic heterocycles. The van der Waals surface area contributed by atoms with Gasteiger partial charge in [-0.1, -0.05) is 0 Å². The van der Waals surface area contributed by atoms with E-state index in [1.165, 1.54) is 19.4 Å². The van der Waals surface area contributed by atoms with Crippen LogP contribution in [-0.4, -0.2) is 23.0 Å². The number of nitrogens with one attached hydrogen (secondary N) is 2. The lowest BCUT2D eigenvalue weighted by molar-refractivity contribution is 0.0603. The van der Waals surface area contributed by atoms with Gasteiger partial charge in [-0.3, -0.25) is 4.79 Å². The van der Waals surface area contributed by atoms with Crippen molar-refractivity contribution in [2.24, 2.45) is 0 Å². The highest BCUT2D eigenvalue weighted by Gasteiger charge is 2.12. The number of aromatic amines is 2. The standard InChI is InChI=1S/C9H8N2O3/c1-14-9(13)5-4-10-6-2-3-7(12)11-8(5)6/h2-4,10H,1H3,(H,11,12). The minimum absolute atomic E-state index is 0.248. The van der Waals surface area contributed by atoms with Crippen molar-refractivity contribution in [2.45, 2.75) is 0 Å². The first kappa shape index (κ1) is 8.55. The highest BCUT2D eigenvalue weighted by atomic mass is 16.5. The summed E-state index contributed by atoms with van der Waals surface area (Å²) < 4.78 is 4.56. The largest absolute Gasteiger partial charge is 0.465 e. The van der Waals surface area contributed by atoms with Gasteiger partial charge < -0.3 is 14.7 Å². The zero-order valence-corrected chi connectivity index (χ0v) is 7.46. The minimum atomic E-state index is -0.474. The van der Waals surface area contributed by atoms with Gasteiger partial charge in [0.2, 0.25) is 5.56 Å². The molecule has 0 amide bonds. The molecule has 0 aliphatic rings. The van der Waals surface area contributed by atoms with Crippen molar-refractivity contribution in [1.29, 1.82) is 0 Å². The van der Waals surface area contributed by atoms with E-state index in [2.05, 4.69) is 14.7 Å². The van der Waals surface area contributed by atoms with E-state index in [-0.39, 0.29) is 5.56 Å². The van der Waals surface area contributed by atoms with Gasteiger partial charge in [-0.25, -0.2) is 4.79 Å². The van der Waals surface area contributed by atoms with Gasteiger partial charge in [-0.15, -0.1) is 0 Å². The minimum Gasteiger partial charge on any atom is -0.465 e. The Balaban J connectivity index is 2.73. The highest BCUT2D eigenvalue weighted by Crippen LogP contribution is 2.13. The Kier molecular flexibility index (Phi) is 1.85. The molecule has 72 valence electrons. The quantitative estimate of drug-likeness (QED) is 0.651. The molecule has 2 heterocycles. The van der Waals surface area contributed by atoms with Crippen LogP contribution in [0.2, 0.25) is 0 Å². The number of carbonyl (C=O) groups is 1. The van der Waals surface area contributed by atoms with Crippen molar-refractivity contribution in [3.05, 3.63) is 34.2 Å². The van der Waals surface area contributed by atoms with E-state index in [1.54, 1.807) is 6.07 Å². The SMILES string of the molecule is COC(=O)c1c[nH]c2ccc(=O)[nH]c12. The molecule has 0 fully saturated rings.